The molecule has 2 N–H and O–H groups in total. The molecule has 16 heavy (non-hydrogen) atoms. The molecule has 2 heterocycles. The second-order valence-corrected chi connectivity index (χ2v) is 5.16. The number of nitrogens with zero attached hydrogens (tertiary/aromatic N) is 1. The molecule has 2 atom stereocenters. The van der Waals surface area contributed by atoms with Gasteiger partial charge in [-0.15, -0.1) is 12.4 Å². The number of nitrogens with one attached hydrogen (secondary N) is 1. The number of hydrogen-bond acceptors (Lipinski definition) is 3. The van der Waals surface area contributed by atoms with Crippen LogP contribution in [0.1, 0.15) is 26.2 Å². The molecular formula is C12H25ClN2O. The third kappa shape index (κ3) is 3.33. The molecule has 3 nitrogen and oxygen atoms in total. The fraction of sp³-hybridized carbons (Fsp3) is 1.00. The Morgan fingerprint density at radius 3 is 2.50 bits per heavy atom. The van der Waals surface area contributed by atoms with Crippen molar-refractivity contribution in [1.82, 2.24) is 10.2 Å². The molecule has 2 saturated heterocycles. The van der Waals surface area contributed by atoms with Gasteiger partial charge in [-0.2, -0.15) is 0 Å². The number of likely N-dealkylation sites (tertiary alicyclic amines) is 1. The first-order chi connectivity index (χ1) is 7.31. The lowest BCUT2D eigenvalue weighted by Crippen LogP contribution is -2.39. The average Bonchev–Trinajstić information content (AvgIpc) is 2.62. The van der Waals surface area contributed by atoms with E-state index in [4.69, 9.17) is 0 Å². The molecule has 0 spiro atoms. The van der Waals surface area contributed by atoms with E-state index in [1.54, 1.807) is 0 Å². The summed E-state index contributed by atoms with van der Waals surface area (Å²) in [7, 11) is 0. The van der Waals surface area contributed by atoms with Crippen LogP contribution in [0.5, 0.6) is 0 Å². The Bertz CT molecular complexity index is 197. The van der Waals surface area contributed by atoms with Crippen LogP contribution >= 0.6 is 12.4 Å². The van der Waals surface area contributed by atoms with Gasteiger partial charge >= 0.3 is 0 Å². The first-order valence-corrected chi connectivity index (χ1v) is 6.37. The molecule has 96 valence electrons. The molecule has 2 aliphatic heterocycles. The number of aliphatic hydroxyl groups is 1. The summed E-state index contributed by atoms with van der Waals surface area (Å²) >= 11 is 0. The van der Waals surface area contributed by atoms with Gasteiger partial charge in [0, 0.05) is 19.2 Å². The summed E-state index contributed by atoms with van der Waals surface area (Å²) in [6.45, 7) is 7.46. The predicted molar refractivity (Wildman–Crippen MR) is 69.1 cm³/mol. The minimum atomic E-state index is 0. The van der Waals surface area contributed by atoms with E-state index in [1.807, 2.05) is 0 Å². The average molecular weight is 249 g/mol. The molecule has 0 amide bonds. The minimum absolute atomic E-state index is 0. The van der Waals surface area contributed by atoms with Crippen LogP contribution in [0.3, 0.4) is 0 Å². The number of halogens is 1. The molecular weight excluding hydrogens is 224 g/mol. The zero-order valence-electron chi connectivity index (χ0n) is 10.2. The molecule has 4 heteroatoms. The highest BCUT2D eigenvalue weighted by Gasteiger charge is 2.31. The Hall–Kier alpha value is 0.170. The second kappa shape index (κ2) is 6.80. The van der Waals surface area contributed by atoms with Crippen molar-refractivity contribution in [2.45, 2.75) is 32.2 Å². The maximum Gasteiger partial charge on any atom is 0.0474 e. The first kappa shape index (κ1) is 14.2. The van der Waals surface area contributed by atoms with Crippen LogP contribution in [-0.2, 0) is 0 Å². The van der Waals surface area contributed by atoms with Gasteiger partial charge < -0.3 is 15.3 Å². The number of rotatable bonds is 3. The van der Waals surface area contributed by atoms with Gasteiger partial charge in [0.05, 0.1) is 0 Å². The van der Waals surface area contributed by atoms with Crippen molar-refractivity contribution in [2.75, 3.05) is 32.8 Å². The van der Waals surface area contributed by atoms with E-state index in [0.29, 0.717) is 18.6 Å². The lowest BCUT2D eigenvalue weighted by Gasteiger charge is -2.30. The highest BCUT2D eigenvalue weighted by molar-refractivity contribution is 5.85. The van der Waals surface area contributed by atoms with Crippen LogP contribution in [0.15, 0.2) is 0 Å². The van der Waals surface area contributed by atoms with Crippen molar-refractivity contribution in [3.05, 3.63) is 0 Å². The van der Waals surface area contributed by atoms with E-state index >= 15 is 0 Å². The Kier molecular flexibility index (Phi) is 6.05. The van der Waals surface area contributed by atoms with E-state index in [-0.39, 0.29) is 12.4 Å². The Morgan fingerprint density at radius 2 is 1.94 bits per heavy atom. The van der Waals surface area contributed by atoms with E-state index in [1.165, 1.54) is 45.4 Å². The molecule has 2 fully saturated rings. The topological polar surface area (TPSA) is 35.5 Å². The van der Waals surface area contributed by atoms with Gasteiger partial charge in [-0.1, -0.05) is 0 Å². The summed E-state index contributed by atoms with van der Waals surface area (Å²) in [5.74, 6) is 1.40. The normalized spacial score (nSPS) is 32.6. The highest BCUT2D eigenvalue weighted by atomic mass is 35.5. The fourth-order valence-electron chi connectivity index (χ4n) is 2.97. The molecule has 0 radical (unpaired) electrons. The highest BCUT2D eigenvalue weighted by Crippen LogP contribution is 2.26. The third-order valence-corrected chi connectivity index (χ3v) is 4.23. The Balaban J connectivity index is 0.00000128. The van der Waals surface area contributed by atoms with E-state index < -0.39 is 0 Å². The zero-order chi connectivity index (χ0) is 10.7. The Labute approximate surface area is 105 Å². The van der Waals surface area contributed by atoms with Crippen molar-refractivity contribution in [3.8, 4) is 0 Å². The molecule has 2 aliphatic rings. The van der Waals surface area contributed by atoms with E-state index in [9.17, 15) is 5.11 Å². The minimum Gasteiger partial charge on any atom is -0.396 e. The van der Waals surface area contributed by atoms with Crippen LogP contribution in [-0.4, -0.2) is 48.8 Å². The molecule has 0 saturated carbocycles. The fourth-order valence-corrected chi connectivity index (χ4v) is 2.97. The van der Waals surface area contributed by atoms with Crippen molar-refractivity contribution in [1.29, 1.82) is 0 Å². The van der Waals surface area contributed by atoms with Crippen molar-refractivity contribution < 1.29 is 5.11 Å². The van der Waals surface area contributed by atoms with Crippen LogP contribution in [0.2, 0.25) is 0 Å². The van der Waals surface area contributed by atoms with Crippen molar-refractivity contribution >= 4 is 12.4 Å². The number of piperidine rings is 1. The van der Waals surface area contributed by atoms with E-state index in [0.717, 1.165) is 5.92 Å². The van der Waals surface area contributed by atoms with Crippen LogP contribution in [0, 0.1) is 11.8 Å². The van der Waals surface area contributed by atoms with Crippen LogP contribution < -0.4 is 5.32 Å². The molecule has 0 aromatic heterocycles. The first-order valence-electron chi connectivity index (χ1n) is 6.37. The lowest BCUT2D eigenvalue weighted by atomic mass is 9.97. The van der Waals surface area contributed by atoms with Gasteiger partial charge in [0.15, 0.2) is 0 Å². The summed E-state index contributed by atoms with van der Waals surface area (Å²) < 4.78 is 0. The van der Waals surface area contributed by atoms with Gasteiger partial charge in [-0.25, -0.2) is 0 Å². The summed E-state index contributed by atoms with van der Waals surface area (Å²) in [6, 6.07) is 0.588. The standard InChI is InChI=1S/C12H24N2O.ClH/c1-10-12(9-15)4-7-14(10)8-11-2-5-13-6-3-11;/h10-13,15H,2-9H2,1H3;1H. The quantitative estimate of drug-likeness (QED) is 0.786. The van der Waals surface area contributed by atoms with Gasteiger partial charge in [-0.05, 0) is 57.7 Å². The largest absolute Gasteiger partial charge is 0.396 e. The molecule has 0 aromatic rings. The molecule has 0 aromatic carbocycles. The molecule has 2 unspecified atom stereocenters. The maximum absolute atomic E-state index is 9.22. The molecule has 2 rings (SSSR count). The van der Waals surface area contributed by atoms with Gasteiger partial charge in [0.25, 0.3) is 0 Å². The Morgan fingerprint density at radius 1 is 1.25 bits per heavy atom. The molecule has 0 aliphatic carbocycles. The third-order valence-electron chi connectivity index (χ3n) is 4.23. The summed E-state index contributed by atoms with van der Waals surface area (Å²) in [5.41, 5.74) is 0. The monoisotopic (exact) mass is 248 g/mol. The van der Waals surface area contributed by atoms with Crippen LogP contribution in [0.25, 0.3) is 0 Å². The summed E-state index contributed by atoms with van der Waals surface area (Å²) in [4.78, 5) is 2.58. The predicted octanol–water partition coefficient (Wildman–Crippen LogP) is 1.11. The van der Waals surface area contributed by atoms with Crippen molar-refractivity contribution in [3.63, 3.8) is 0 Å². The second-order valence-electron chi connectivity index (χ2n) is 5.16. The summed E-state index contributed by atoms with van der Waals surface area (Å²) in [5, 5.41) is 12.6. The number of hydrogen-bond donors (Lipinski definition) is 2. The number of aliphatic hydroxyl groups excluding tert-OH is 1. The molecule has 0 bridgehead atoms. The smallest absolute Gasteiger partial charge is 0.0474 e. The van der Waals surface area contributed by atoms with Gasteiger partial charge in [-0.3, -0.25) is 0 Å². The lowest BCUT2D eigenvalue weighted by molar-refractivity contribution is 0.154. The van der Waals surface area contributed by atoms with E-state index in [2.05, 4.69) is 17.1 Å². The maximum atomic E-state index is 9.22. The summed E-state index contributed by atoms with van der Waals surface area (Å²) in [6.07, 6.45) is 3.84. The van der Waals surface area contributed by atoms with Crippen LogP contribution in [0.4, 0.5) is 0 Å². The van der Waals surface area contributed by atoms with Gasteiger partial charge in [0.2, 0.25) is 0 Å². The zero-order valence-corrected chi connectivity index (χ0v) is 11.0. The SMILES string of the molecule is CC1C(CO)CCN1CC1CCNCC1.Cl. The van der Waals surface area contributed by atoms with Crippen molar-refractivity contribution in [2.24, 2.45) is 11.8 Å². The van der Waals surface area contributed by atoms with Gasteiger partial charge in [0.1, 0.15) is 0 Å².